The van der Waals surface area contributed by atoms with Gasteiger partial charge in [-0.15, -0.1) is 0 Å². The summed E-state index contributed by atoms with van der Waals surface area (Å²) in [6.07, 6.45) is -15.1. The summed E-state index contributed by atoms with van der Waals surface area (Å²) < 4.78 is 199. The average molecular weight is 625 g/mol. The van der Waals surface area contributed by atoms with Gasteiger partial charge in [0, 0.05) is 0 Å². The highest BCUT2D eigenvalue weighted by Crippen LogP contribution is 2.56. The van der Waals surface area contributed by atoms with Crippen LogP contribution in [0.15, 0.2) is 0 Å². The molecule has 36 heavy (non-hydrogen) atoms. The zero-order valence-corrected chi connectivity index (χ0v) is 24.5. The molecular formula is C16H28F12O4Si4. The molecule has 4 atom stereocenters. The maximum atomic E-state index is 15.4. The first kappa shape index (κ1) is 33.9. The predicted octanol–water partition coefficient (Wildman–Crippen LogP) is 6.48. The average Bonchev–Trinajstić information content (AvgIpc) is 2.62. The van der Waals surface area contributed by atoms with Crippen molar-refractivity contribution in [3.8, 4) is 0 Å². The third kappa shape index (κ3) is 5.20. The Bertz CT molecular complexity index is 693. The van der Waals surface area contributed by atoms with E-state index in [0.29, 0.717) is 0 Å². The van der Waals surface area contributed by atoms with Gasteiger partial charge in [-0.05, 0) is 53.9 Å². The molecule has 1 saturated heterocycles. The maximum Gasteiger partial charge on any atom is 0.477 e. The monoisotopic (exact) mass is 624 g/mol. The lowest BCUT2D eigenvalue weighted by Gasteiger charge is -2.56. The molecule has 4 unspecified atom stereocenters. The van der Waals surface area contributed by atoms with Crippen molar-refractivity contribution in [1.29, 1.82) is 0 Å². The Hall–Kier alpha value is -0.132. The van der Waals surface area contributed by atoms with E-state index in [1.54, 1.807) is 0 Å². The zero-order chi connectivity index (χ0) is 29.1. The van der Waals surface area contributed by atoms with Crippen LogP contribution >= 0.6 is 0 Å². The van der Waals surface area contributed by atoms with Gasteiger partial charge in [-0.25, -0.2) is 52.7 Å². The van der Waals surface area contributed by atoms with E-state index in [1.807, 2.05) is 0 Å². The first-order valence-corrected chi connectivity index (χ1v) is 19.7. The minimum Gasteiger partial charge on any atom is -0.416 e. The summed E-state index contributed by atoms with van der Waals surface area (Å²) in [5, 5.41) is 0. The molecule has 1 aliphatic heterocycles. The van der Waals surface area contributed by atoms with Gasteiger partial charge < -0.3 is 16.5 Å². The zero-order valence-electron chi connectivity index (χ0n) is 20.5. The predicted molar refractivity (Wildman–Crippen MR) is 113 cm³/mol. The van der Waals surface area contributed by atoms with E-state index in [1.165, 1.54) is 0 Å². The van der Waals surface area contributed by atoms with Gasteiger partial charge in [0.1, 0.15) is 0 Å². The van der Waals surface area contributed by atoms with Gasteiger partial charge in [0.15, 0.2) is 24.7 Å². The summed E-state index contributed by atoms with van der Waals surface area (Å²) in [5.41, 5.74) is -22.9. The van der Waals surface area contributed by atoms with Gasteiger partial charge >= 0.3 is 56.4 Å². The topological polar surface area (TPSA) is 36.9 Å². The molecule has 0 aromatic heterocycles. The Balaban J connectivity index is 4.46. The molecule has 216 valence electrons. The maximum absolute atomic E-state index is 15.4. The molecule has 0 N–H and O–H groups in total. The molecule has 0 radical (unpaired) electrons. The van der Waals surface area contributed by atoms with Crippen LogP contribution in [0.5, 0.6) is 0 Å². The SMILES string of the molecule is CC(F)C(F)(F)[Si]1(C(F)(F)C(C)F)O[Si](C)(C)O[Si](C)(C)O[Si](C(F)(F)C(C)F)(C(F)(F)C(C)F)O1. The molecule has 0 aliphatic carbocycles. The molecule has 0 saturated carbocycles. The van der Waals surface area contributed by atoms with Crippen molar-refractivity contribution in [3.63, 3.8) is 0 Å². The van der Waals surface area contributed by atoms with Gasteiger partial charge in [0.25, 0.3) is 0 Å². The van der Waals surface area contributed by atoms with Gasteiger partial charge in [0.05, 0.1) is 0 Å². The molecule has 0 spiro atoms. The Kier molecular flexibility index (Phi) is 9.23. The third-order valence-electron chi connectivity index (χ3n) is 5.31. The van der Waals surface area contributed by atoms with Crippen LogP contribution in [0.1, 0.15) is 27.7 Å². The fourth-order valence-electron chi connectivity index (χ4n) is 3.61. The molecule has 1 fully saturated rings. The number of hydrogen-bond acceptors (Lipinski definition) is 4. The second-order valence-electron chi connectivity index (χ2n) is 9.40. The highest BCUT2D eigenvalue weighted by Gasteiger charge is 2.90. The molecule has 0 amide bonds. The van der Waals surface area contributed by atoms with Gasteiger partial charge in [0.2, 0.25) is 0 Å². The lowest BCUT2D eigenvalue weighted by Crippen LogP contribution is -2.88. The van der Waals surface area contributed by atoms with Crippen LogP contribution in [0, 0.1) is 0 Å². The summed E-state index contributed by atoms with van der Waals surface area (Å²) in [7, 11) is -24.7. The van der Waals surface area contributed by atoms with Gasteiger partial charge in [-0.1, -0.05) is 0 Å². The Morgan fingerprint density at radius 1 is 0.417 bits per heavy atom. The lowest BCUT2D eigenvalue weighted by molar-refractivity contribution is -0.125. The van der Waals surface area contributed by atoms with Crippen molar-refractivity contribution in [2.45, 2.75) is 101 Å². The van der Waals surface area contributed by atoms with Gasteiger partial charge in [-0.2, -0.15) is 0 Å². The largest absolute Gasteiger partial charge is 0.477 e. The summed E-state index contributed by atoms with van der Waals surface area (Å²) in [4.78, 5) is 0. The first-order valence-electron chi connectivity index (χ1n) is 10.5. The van der Waals surface area contributed by atoms with E-state index in [9.17, 15) is 17.6 Å². The van der Waals surface area contributed by atoms with Crippen LogP contribution in [0.25, 0.3) is 0 Å². The van der Waals surface area contributed by atoms with Crippen LogP contribution in [-0.2, 0) is 16.5 Å². The van der Waals surface area contributed by atoms with E-state index in [-0.39, 0.29) is 27.7 Å². The van der Waals surface area contributed by atoms with Crippen molar-refractivity contribution in [1.82, 2.24) is 0 Å². The van der Waals surface area contributed by atoms with Crippen LogP contribution in [0.4, 0.5) is 52.7 Å². The van der Waals surface area contributed by atoms with Crippen LogP contribution in [-0.4, -0.2) is 81.1 Å². The normalized spacial score (nSPS) is 31.7. The Morgan fingerprint density at radius 3 is 0.778 bits per heavy atom. The van der Waals surface area contributed by atoms with Crippen molar-refractivity contribution in [3.05, 3.63) is 0 Å². The molecule has 1 rings (SSSR count). The van der Waals surface area contributed by atoms with E-state index in [2.05, 4.69) is 4.12 Å². The highest BCUT2D eigenvalue weighted by atomic mass is 28.5. The van der Waals surface area contributed by atoms with Crippen LogP contribution in [0.3, 0.4) is 0 Å². The Labute approximate surface area is 204 Å². The molecule has 1 heterocycles. The fourth-order valence-corrected chi connectivity index (χ4v) is 25.0. The first-order chi connectivity index (χ1) is 15.6. The smallest absolute Gasteiger partial charge is 0.416 e. The minimum absolute atomic E-state index is 0.0523. The summed E-state index contributed by atoms with van der Waals surface area (Å²) in [6, 6.07) is 0. The third-order valence-corrected chi connectivity index (χ3v) is 22.9. The van der Waals surface area contributed by atoms with Crippen molar-refractivity contribution in [2.75, 3.05) is 0 Å². The van der Waals surface area contributed by atoms with Crippen LogP contribution in [0.2, 0.25) is 26.2 Å². The molecule has 1 aliphatic rings. The molecule has 0 aromatic carbocycles. The molecule has 0 bridgehead atoms. The summed E-state index contributed by atoms with van der Waals surface area (Å²) in [5.74, 6) is 0. The quantitative estimate of drug-likeness (QED) is 0.229. The van der Waals surface area contributed by atoms with Crippen LogP contribution < -0.4 is 0 Å². The highest BCUT2D eigenvalue weighted by molar-refractivity contribution is 6.96. The van der Waals surface area contributed by atoms with E-state index < -0.39 is 81.1 Å². The van der Waals surface area contributed by atoms with Crippen molar-refractivity contribution in [2.24, 2.45) is 0 Å². The van der Waals surface area contributed by atoms with Crippen molar-refractivity contribution >= 4 is 34.2 Å². The van der Waals surface area contributed by atoms with E-state index in [0.717, 1.165) is 26.2 Å². The standard InChI is InChI=1S/C16H28F12O4Si4/c1-9(17)13(21,22)35(14(23,24)10(2)18)30-33(5,6)29-34(7,8)31-36(32-35,15(25,26)11(3)19)16(27,28)12(4)20/h9-12H,1-8H3. The van der Waals surface area contributed by atoms with Gasteiger partial charge in [-0.3, -0.25) is 0 Å². The molecule has 20 heteroatoms. The Morgan fingerprint density at radius 2 is 0.611 bits per heavy atom. The number of hydrogen-bond donors (Lipinski definition) is 0. The second-order valence-corrected chi connectivity index (χ2v) is 23.4. The minimum atomic E-state index is -7.81. The molecular weight excluding hydrogens is 596 g/mol. The molecule has 0 aromatic rings. The number of rotatable bonds is 8. The van der Waals surface area contributed by atoms with E-state index in [4.69, 9.17) is 12.3 Å². The van der Waals surface area contributed by atoms with E-state index >= 15 is 35.1 Å². The second kappa shape index (κ2) is 9.80. The fraction of sp³-hybridized carbons (Fsp3) is 1.00. The number of alkyl halides is 12. The lowest BCUT2D eigenvalue weighted by atomic mass is 10.4. The number of halogens is 12. The summed E-state index contributed by atoms with van der Waals surface area (Å²) >= 11 is 0. The summed E-state index contributed by atoms with van der Waals surface area (Å²) in [6.45, 7) is 2.94. The van der Waals surface area contributed by atoms with Crippen molar-refractivity contribution < 1.29 is 69.1 Å². The molecule has 4 nitrogen and oxygen atoms in total.